The van der Waals surface area contributed by atoms with Crippen LogP contribution in [-0.2, 0) is 6.42 Å². The summed E-state index contributed by atoms with van der Waals surface area (Å²) in [5.74, 6) is 0.662. The molecule has 2 aromatic rings. The largest absolute Gasteiger partial charge is 0.354 e. The molecule has 0 radical (unpaired) electrons. The van der Waals surface area contributed by atoms with Crippen molar-refractivity contribution in [2.75, 3.05) is 11.9 Å². The van der Waals surface area contributed by atoms with Crippen LogP contribution >= 0.6 is 22.6 Å². The maximum Gasteiger partial charge on any atom is 0.222 e. The van der Waals surface area contributed by atoms with Gasteiger partial charge in [-0.2, -0.15) is 0 Å². The fourth-order valence-corrected chi connectivity index (χ4v) is 1.41. The second kappa shape index (κ2) is 5.06. The Balaban J connectivity index is 1.81. The number of hydrogen-bond acceptors (Lipinski definition) is 4. The Morgan fingerprint density at radius 1 is 1.27 bits per heavy atom. The van der Waals surface area contributed by atoms with E-state index in [4.69, 9.17) is 0 Å². The molecule has 0 fully saturated rings. The number of rotatable bonds is 4. The fraction of sp³-hybridized carbons (Fsp3) is 0.222. The van der Waals surface area contributed by atoms with Crippen molar-refractivity contribution < 1.29 is 0 Å². The topological polar surface area (TPSA) is 66.5 Å². The molecule has 2 rings (SSSR count). The molecule has 0 aromatic carbocycles. The van der Waals surface area contributed by atoms with Crippen LogP contribution in [0, 0.1) is 3.57 Å². The zero-order valence-corrected chi connectivity index (χ0v) is 10.1. The van der Waals surface area contributed by atoms with Crippen LogP contribution < -0.4 is 5.32 Å². The third kappa shape index (κ3) is 3.15. The van der Waals surface area contributed by atoms with Gasteiger partial charge in [0.1, 0.15) is 0 Å². The van der Waals surface area contributed by atoms with Gasteiger partial charge in [0.05, 0.1) is 6.33 Å². The number of aromatic nitrogens is 4. The first-order chi connectivity index (χ1) is 7.34. The molecule has 78 valence electrons. The summed E-state index contributed by atoms with van der Waals surface area (Å²) >= 11 is 2.18. The first-order valence-electron chi connectivity index (χ1n) is 4.53. The zero-order valence-electron chi connectivity index (χ0n) is 7.94. The molecule has 2 aromatic heterocycles. The van der Waals surface area contributed by atoms with E-state index in [1.165, 1.54) is 0 Å². The number of aromatic amines is 1. The molecule has 0 bridgehead atoms. The summed E-state index contributed by atoms with van der Waals surface area (Å²) in [5.41, 5.74) is 1.10. The molecule has 0 atom stereocenters. The van der Waals surface area contributed by atoms with Gasteiger partial charge < -0.3 is 10.3 Å². The monoisotopic (exact) mass is 315 g/mol. The summed E-state index contributed by atoms with van der Waals surface area (Å²) in [7, 11) is 0. The van der Waals surface area contributed by atoms with Crippen molar-refractivity contribution in [3.8, 4) is 0 Å². The summed E-state index contributed by atoms with van der Waals surface area (Å²) in [6.45, 7) is 0.794. The van der Waals surface area contributed by atoms with Crippen molar-refractivity contribution in [3.05, 3.63) is 34.2 Å². The molecular formula is C9H10IN5. The molecule has 2 N–H and O–H groups in total. The molecule has 6 heteroatoms. The van der Waals surface area contributed by atoms with Gasteiger partial charge in [-0.3, -0.25) is 0 Å². The van der Waals surface area contributed by atoms with Crippen molar-refractivity contribution >= 4 is 28.5 Å². The molecule has 0 aliphatic rings. The molecule has 0 aliphatic carbocycles. The highest BCUT2D eigenvalue weighted by Crippen LogP contribution is 2.02. The van der Waals surface area contributed by atoms with Gasteiger partial charge in [0.25, 0.3) is 0 Å². The Morgan fingerprint density at radius 2 is 2.07 bits per heavy atom. The molecule has 0 amide bonds. The van der Waals surface area contributed by atoms with Gasteiger partial charge in [0.2, 0.25) is 5.95 Å². The number of nitrogens with one attached hydrogen (secondary N) is 2. The Labute approximate surface area is 101 Å². The van der Waals surface area contributed by atoms with Crippen molar-refractivity contribution in [1.82, 2.24) is 19.9 Å². The van der Waals surface area contributed by atoms with Gasteiger partial charge in [0.15, 0.2) is 0 Å². The van der Waals surface area contributed by atoms with E-state index in [9.17, 15) is 0 Å². The normalized spacial score (nSPS) is 10.2. The van der Waals surface area contributed by atoms with Crippen LogP contribution in [0.3, 0.4) is 0 Å². The van der Waals surface area contributed by atoms with Crippen LogP contribution in [-0.4, -0.2) is 26.5 Å². The molecule has 0 aliphatic heterocycles. The highest BCUT2D eigenvalue weighted by molar-refractivity contribution is 14.1. The minimum Gasteiger partial charge on any atom is -0.354 e. The smallest absolute Gasteiger partial charge is 0.222 e. The number of nitrogens with zero attached hydrogens (tertiary/aromatic N) is 3. The van der Waals surface area contributed by atoms with Crippen LogP contribution in [0.25, 0.3) is 0 Å². The number of halogens is 1. The maximum absolute atomic E-state index is 4.14. The van der Waals surface area contributed by atoms with Gasteiger partial charge in [-0.15, -0.1) is 0 Å². The van der Waals surface area contributed by atoms with Crippen molar-refractivity contribution in [2.45, 2.75) is 6.42 Å². The summed E-state index contributed by atoms with van der Waals surface area (Å²) in [6.07, 6.45) is 7.95. The van der Waals surface area contributed by atoms with Crippen LogP contribution in [0.15, 0.2) is 24.9 Å². The number of imidazole rings is 1. The van der Waals surface area contributed by atoms with Crippen molar-refractivity contribution in [2.24, 2.45) is 0 Å². The lowest BCUT2D eigenvalue weighted by atomic mass is 10.3. The van der Waals surface area contributed by atoms with Crippen molar-refractivity contribution in [1.29, 1.82) is 0 Å². The number of H-pyrrole nitrogens is 1. The van der Waals surface area contributed by atoms with Crippen LogP contribution in [0.4, 0.5) is 5.95 Å². The minimum absolute atomic E-state index is 0.662. The highest BCUT2D eigenvalue weighted by atomic mass is 127. The average Bonchev–Trinajstić information content (AvgIpc) is 2.74. The number of anilines is 1. The van der Waals surface area contributed by atoms with E-state index in [1.807, 2.05) is 6.20 Å². The van der Waals surface area contributed by atoms with Crippen LogP contribution in [0.5, 0.6) is 0 Å². The molecule has 0 saturated carbocycles. The zero-order chi connectivity index (χ0) is 10.5. The Morgan fingerprint density at radius 3 is 2.73 bits per heavy atom. The van der Waals surface area contributed by atoms with Gasteiger partial charge in [-0.25, -0.2) is 15.0 Å². The van der Waals surface area contributed by atoms with Crippen LogP contribution in [0.2, 0.25) is 0 Å². The van der Waals surface area contributed by atoms with E-state index in [-0.39, 0.29) is 0 Å². The summed E-state index contributed by atoms with van der Waals surface area (Å²) in [6, 6.07) is 0. The van der Waals surface area contributed by atoms with E-state index in [0.29, 0.717) is 5.95 Å². The lowest BCUT2D eigenvalue weighted by molar-refractivity contribution is 0.951. The maximum atomic E-state index is 4.14. The van der Waals surface area contributed by atoms with E-state index in [0.717, 1.165) is 22.2 Å². The van der Waals surface area contributed by atoms with Gasteiger partial charge in [-0.05, 0) is 22.6 Å². The average molecular weight is 315 g/mol. The molecule has 15 heavy (non-hydrogen) atoms. The standard InChI is InChI=1S/C9H10IN5/c10-7-3-13-9(14-4-7)12-2-1-8-5-11-6-15-8/h3-6H,1-2H2,(H,11,15)(H,12,13,14). The van der Waals surface area contributed by atoms with Gasteiger partial charge >= 0.3 is 0 Å². The van der Waals surface area contributed by atoms with Gasteiger partial charge in [-0.1, -0.05) is 0 Å². The molecular weight excluding hydrogens is 305 g/mol. The van der Waals surface area contributed by atoms with E-state index >= 15 is 0 Å². The lowest BCUT2D eigenvalue weighted by Crippen LogP contribution is -2.07. The molecule has 5 nitrogen and oxygen atoms in total. The van der Waals surface area contributed by atoms with Crippen LogP contribution in [0.1, 0.15) is 5.69 Å². The Hall–Kier alpha value is -1.18. The van der Waals surface area contributed by atoms with Gasteiger partial charge in [0, 0.05) is 40.8 Å². The predicted octanol–water partition coefficient (Wildman–Crippen LogP) is 1.46. The first-order valence-corrected chi connectivity index (χ1v) is 5.61. The van der Waals surface area contributed by atoms with E-state index in [1.54, 1.807) is 18.7 Å². The summed E-state index contributed by atoms with van der Waals surface area (Å²) in [4.78, 5) is 15.3. The second-order valence-corrected chi connectivity index (χ2v) is 4.22. The lowest BCUT2D eigenvalue weighted by Gasteiger charge is -2.02. The number of hydrogen-bond donors (Lipinski definition) is 2. The minimum atomic E-state index is 0.662. The molecule has 0 spiro atoms. The summed E-state index contributed by atoms with van der Waals surface area (Å²) in [5, 5.41) is 3.14. The second-order valence-electron chi connectivity index (χ2n) is 2.98. The Bertz CT molecular complexity index is 397. The van der Waals surface area contributed by atoms with E-state index < -0.39 is 0 Å². The molecule has 2 heterocycles. The van der Waals surface area contributed by atoms with E-state index in [2.05, 4.69) is 47.8 Å². The highest BCUT2D eigenvalue weighted by Gasteiger charge is 1.96. The predicted molar refractivity (Wildman–Crippen MR) is 65.5 cm³/mol. The SMILES string of the molecule is Ic1cnc(NCCc2cnc[nH]2)nc1. The first kappa shape index (κ1) is 10.3. The molecule has 0 unspecified atom stereocenters. The fourth-order valence-electron chi connectivity index (χ4n) is 1.13. The van der Waals surface area contributed by atoms with Crippen molar-refractivity contribution in [3.63, 3.8) is 0 Å². The third-order valence-corrected chi connectivity index (χ3v) is 2.41. The molecule has 0 saturated heterocycles. The summed E-state index contributed by atoms with van der Waals surface area (Å²) < 4.78 is 1.03. The third-order valence-electron chi connectivity index (χ3n) is 1.85. The quantitative estimate of drug-likeness (QED) is 0.838. The Kier molecular flexibility index (Phi) is 3.49.